The Balaban J connectivity index is 1.18. The van der Waals surface area contributed by atoms with Gasteiger partial charge in [0.15, 0.2) is 0 Å². The molecule has 2 heteroatoms. The van der Waals surface area contributed by atoms with Crippen LogP contribution in [0.2, 0.25) is 0 Å². The van der Waals surface area contributed by atoms with Crippen molar-refractivity contribution in [3.05, 3.63) is 186 Å². The molecular formula is C43H28N2. The van der Waals surface area contributed by atoms with Crippen molar-refractivity contribution < 1.29 is 0 Å². The molecule has 7 aromatic carbocycles. The highest BCUT2D eigenvalue weighted by molar-refractivity contribution is 6.10. The van der Waals surface area contributed by atoms with Crippen molar-refractivity contribution in [1.29, 1.82) is 0 Å². The molecular weight excluding hydrogens is 544 g/mol. The maximum atomic E-state index is 3.90. The van der Waals surface area contributed by atoms with Crippen molar-refractivity contribution in [2.45, 2.75) is 5.41 Å². The van der Waals surface area contributed by atoms with E-state index in [-0.39, 0.29) is 5.41 Å². The van der Waals surface area contributed by atoms with Gasteiger partial charge < -0.3 is 9.88 Å². The zero-order valence-electron chi connectivity index (χ0n) is 24.5. The molecule has 0 atom stereocenters. The van der Waals surface area contributed by atoms with Gasteiger partial charge in [-0.05, 0) is 81.4 Å². The number of anilines is 2. The lowest BCUT2D eigenvalue weighted by Crippen LogP contribution is -2.25. The van der Waals surface area contributed by atoms with Gasteiger partial charge in [-0.3, -0.25) is 0 Å². The lowest BCUT2D eigenvalue weighted by Gasteiger charge is -2.30. The highest BCUT2D eigenvalue weighted by Crippen LogP contribution is 2.63. The Morgan fingerprint density at radius 3 is 1.76 bits per heavy atom. The van der Waals surface area contributed by atoms with Crippen LogP contribution in [0.15, 0.2) is 164 Å². The monoisotopic (exact) mass is 572 g/mol. The number of hydrogen-bond acceptors (Lipinski definition) is 1. The van der Waals surface area contributed by atoms with Crippen molar-refractivity contribution >= 4 is 33.2 Å². The quantitative estimate of drug-likeness (QED) is 0.223. The summed E-state index contributed by atoms with van der Waals surface area (Å²) in [6.45, 7) is 0. The summed E-state index contributed by atoms with van der Waals surface area (Å²) in [7, 11) is 0. The summed E-state index contributed by atoms with van der Waals surface area (Å²) in [6, 6.07) is 59.9. The van der Waals surface area contributed by atoms with E-state index in [1.807, 2.05) is 0 Å². The second-order valence-corrected chi connectivity index (χ2v) is 12.2. The van der Waals surface area contributed by atoms with Crippen LogP contribution in [0.3, 0.4) is 0 Å². The van der Waals surface area contributed by atoms with E-state index in [1.54, 1.807) is 0 Å². The summed E-state index contributed by atoms with van der Waals surface area (Å²) in [5, 5.41) is 6.39. The summed E-state index contributed by atoms with van der Waals surface area (Å²) in [4.78, 5) is 0. The Hall–Kier alpha value is -5.86. The molecule has 1 spiro atoms. The first-order chi connectivity index (χ1) is 22.3. The first-order valence-corrected chi connectivity index (χ1v) is 15.6. The zero-order valence-corrected chi connectivity index (χ0v) is 24.5. The number of rotatable bonds is 3. The first kappa shape index (κ1) is 24.6. The number of para-hydroxylation sites is 2. The Bertz CT molecular complexity index is 2420. The van der Waals surface area contributed by atoms with Gasteiger partial charge >= 0.3 is 0 Å². The average molecular weight is 573 g/mol. The van der Waals surface area contributed by atoms with Crippen LogP contribution in [-0.4, -0.2) is 4.57 Å². The number of hydrogen-bond donors (Lipinski definition) is 1. The highest BCUT2D eigenvalue weighted by Gasteiger charge is 2.51. The number of nitrogens with zero attached hydrogens (tertiary/aromatic N) is 1. The summed E-state index contributed by atoms with van der Waals surface area (Å²) in [6.07, 6.45) is 0. The fraction of sp³-hybridized carbons (Fsp3) is 0.0233. The molecule has 210 valence electrons. The molecule has 10 rings (SSSR count). The predicted molar refractivity (Wildman–Crippen MR) is 187 cm³/mol. The van der Waals surface area contributed by atoms with Crippen molar-refractivity contribution in [2.24, 2.45) is 0 Å². The van der Waals surface area contributed by atoms with Crippen molar-refractivity contribution in [2.75, 3.05) is 5.32 Å². The zero-order chi connectivity index (χ0) is 29.5. The van der Waals surface area contributed by atoms with Crippen LogP contribution in [0.25, 0.3) is 49.7 Å². The number of benzene rings is 7. The molecule has 0 saturated carbocycles. The topological polar surface area (TPSA) is 17.0 Å². The Morgan fingerprint density at radius 2 is 1.00 bits per heavy atom. The van der Waals surface area contributed by atoms with E-state index in [9.17, 15) is 0 Å². The normalized spacial score (nSPS) is 13.5. The predicted octanol–water partition coefficient (Wildman–Crippen LogP) is 10.9. The van der Waals surface area contributed by atoms with Crippen molar-refractivity contribution in [3.8, 4) is 27.9 Å². The van der Waals surface area contributed by atoms with Gasteiger partial charge in [-0.25, -0.2) is 0 Å². The summed E-state index contributed by atoms with van der Waals surface area (Å²) in [5.41, 5.74) is 16.1. The SMILES string of the molecule is c1ccc(-n2c3ccccc3c3cc(Nc4cccc5c4-c4ccccc4C54c5ccccc5-c5ccccc54)ccc32)cc1. The molecule has 0 radical (unpaired) electrons. The minimum absolute atomic E-state index is 0.343. The van der Waals surface area contributed by atoms with Gasteiger partial charge in [-0.2, -0.15) is 0 Å². The lowest BCUT2D eigenvalue weighted by atomic mass is 9.70. The highest BCUT2D eigenvalue weighted by atomic mass is 15.0. The van der Waals surface area contributed by atoms with Crippen LogP contribution >= 0.6 is 0 Å². The van der Waals surface area contributed by atoms with Crippen molar-refractivity contribution in [3.63, 3.8) is 0 Å². The van der Waals surface area contributed by atoms with Gasteiger partial charge in [0, 0.05) is 33.4 Å². The fourth-order valence-corrected chi connectivity index (χ4v) is 8.31. The second-order valence-electron chi connectivity index (χ2n) is 12.2. The van der Waals surface area contributed by atoms with Gasteiger partial charge in [0.2, 0.25) is 0 Å². The molecule has 1 aromatic heterocycles. The van der Waals surface area contributed by atoms with E-state index in [0.29, 0.717) is 0 Å². The number of nitrogens with one attached hydrogen (secondary N) is 1. The molecule has 0 unspecified atom stereocenters. The van der Waals surface area contributed by atoms with Crippen LogP contribution in [0.1, 0.15) is 22.3 Å². The van der Waals surface area contributed by atoms with Gasteiger partial charge in [0.1, 0.15) is 0 Å². The van der Waals surface area contributed by atoms with Crippen LogP contribution in [0.4, 0.5) is 11.4 Å². The molecule has 0 saturated heterocycles. The van der Waals surface area contributed by atoms with E-state index < -0.39 is 0 Å². The van der Waals surface area contributed by atoms with Gasteiger partial charge in [0.25, 0.3) is 0 Å². The Morgan fingerprint density at radius 1 is 0.422 bits per heavy atom. The molecule has 0 fully saturated rings. The molecule has 1 heterocycles. The van der Waals surface area contributed by atoms with E-state index in [2.05, 4.69) is 174 Å². The van der Waals surface area contributed by atoms with Crippen LogP contribution in [0, 0.1) is 0 Å². The molecule has 2 nitrogen and oxygen atoms in total. The smallest absolute Gasteiger partial charge is 0.0726 e. The summed E-state index contributed by atoms with van der Waals surface area (Å²) >= 11 is 0. The molecule has 0 amide bonds. The number of fused-ring (bicyclic) bond motifs is 13. The molecule has 2 aliphatic carbocycles. The van der Waals surface area contributed by atoms with Crippen LogP contribution in [0.5, 0.6) is 0 Å². The average Bonchev–Trinajstić information content (AvgIpc) is 3.71. The Kier molecular flexibility index (Phi) is 4.95. The first-order valence-electron chi connectivity index (χ1n) is 15.6. The lowest BCUT2D eigenvalue weighted by molar-refractivity contribution is 0.794. The summed E-state index contributed by atoms with van der Waals surface area (Å²) < 4.78 is 2.36. The standard InChI is InChI=1S/C43H28N2/c1-2-13-29(14-3-1)45-40-24-11-7-17-32(40)34-27-28(25-26-41(34)45)44-39-23-12-22-38-42(39)33-18-6-10-21-37(33)43(38)35-19-8-4-15-30(35)31-16-5-9-20-36(31)43/h1-27,44H. The Labute approximate surface area is 261 Å². The molecule has 1 N–H and O–H groups in total. The van der Waals surface area contributed by atoms with E-state index >= 15 is 0 Å². The molecule has 0 aliphatic heterocycles. The largest absolute Gasteiger partial charge is 0.355 e. The third-order valence-corrected chi connectivity index (χ3v) is 9.99. The van der Waals surface area contributed by atoms with Crippen molar-refractivity contribution in [1.82, 2.24) is 4.57 Å². The number of aromatic nitrogens is 1. The second kappa shape index (κ2) is 9.07. The fourth-order valence-electron chi connectivity index (χ4n) is 8.31. The van der Waals surface area contributed by atoms with Gasteiger partial charge in [-0.1, -0.05) is 121 Å². The minimum atomic E-state index is -0.343. The molecule has 0 bridgehead atoms. The van der Waals surface area contributed by atoms with Gasteiger partial charge in [-0.15, -0.1) is 0 Å². The maximum Gasteiger partial charge on any atom is 0.0726 e. The van der Waals surface area contributed by atoms with E-state index in [0.717, 1.165) is 11.4 Å². The molecule has 45 heavy (non-hydrogen) atoms. The third kappa shape index (κ3) is 3.18. The minimum Gasteiger partial charge on any atom is -0.355 e. The maximum absolute atomic E-state index is 3.90. The summed E-state index contributed by atoms with van der Waals surface area (Å²) in [5.74, 6) is 0. The van der Waals surface area contributed by atoms with E-state index in [1.165, 1.54) is 72.0 Å². The van der Waals surface area contributed by atoms with Gasteiger partial charge in [0.05, 0.1) is 16.4 Å². The molecule has 2 aliphatic rings. The third-order valence-electron chi connectivity index (χ3n) is 9.99. The molecule has 8 aromatic rings. The van der Waals surface area contributed by atoms with E-state index in [4.69, 9.17) is 0 Å². The van der Waals surface area contributed by atoms with Crippen LogP contribution < -0.4 is 5.32 Å². The van der Waals surface area contributed by atoms with Crippen LogP contribution in [-0.2, 0) is 5.41 Å².